The minimum Gasteiger partial charge on any atom is -0.476 e. The number of halogens is 6. The van der Waals surface area contributed by atoms with Crippen LogP contribution in [0.1, 0.15) is 10.5 Å². The van der Waals surface area contributed by atoms with Gasteiger partial charge in [0.1, 0.15) is 11.5 Å². The Morgan fingerprint density at radius 3 is 1.81 bits per heavy atom. The molecule has 0 unspecified atom stereocenters. The third kappa shape index (κ3) is 5.87. The molecule has 31 heavy (non-hydrogen) atoms. The van der Waals surface area contributed by atoms with Gasteiger partial charge in [0.2, 0.25) is 0 Å². The molecule has 0 radical (unpaired) electrons. The second kappa shape index (κ2) is 8.17. The van der Waals surface area contributed by atoms with E-state index in [4.69, 9.17) is 0 Å². The number of rotatable bonds is 5. The van der Waals surface area contributed by atoms with Gasteiger partial charge in [-0.1, -0.05) is 24.3 Å². The lowest BCUT2D eigenvalue weighted by Crippen LogP contribution is -2.17. The van der Waals surface area contributed by atoms with Gasteiger partial charge < -0.3 is 14.6 Å². The molecule has 0 saturated heterocycles. The molecule has 0 amide bonds. The minimum atomic E-state index is -4.93. The van der Waals surface area contributed by atoms with Gasteiger partial charge in [-0.2, -0.15) is 0 Å². The normalized spacial score (nSPS) is 11.8. The lowest BCUT2D eigenvalue weighted by molar-refractivity contribution is -0.275. The smallest absolute Gasteiger partial charge is 0.476 e. The number of carbonyl (C=O) groups is 1. The van der Waals surface area contributed by atoms with Crippen molar-refractivity contribution in [2.45, 2.75) is 12.7 Å². The van der Waals surface area contributed by atoms with Crippen molar-refractivity contribution in [3.05, 3.63) is 66.4 Å². The zero-order chi connectivity index (χ0) is 22.8. The van der Waals surface area contributed by atoms with Gasteiger partial charge in [-0.3, -0.25) is 0 Å². The maximum Gasteiger partial charge on any atom is 0.573 e. The zero-order valence-corrected chi connectivity index (χ0v) is 15.2. The van der Waals surface area contributed by atoms with E-state index >= 15 is 0 Å². The van der Waals surface area contributed by atoms with Crippen LogP contribution in [0.2, 0.25) is 0 Å². The first kappa shape index (κ1) is 21.9. The Kier molecular flexibility index (Phi) is 5.78. The van der Waals surface area contributed by atoms with Crippen molar-refractivity contribution in [2.75, 3.05) is 0 Å². The Bertz CT molecular complexity index is 1110. The van der Waals surface area contributed by atoms with E-state index in [2.05, 4.69) is 14.5 Å². The largest absolute Gasteiger partial charge is 0.573 e. The Hall–Kier alpha value is -3.76. The second-order valence-corrected chi connectivity index (χ2v) is 6.05. The molecule has 1 aromatic heterocycles. The summed E-state index contributed by atoms with van der Waals surface area (Å²) in [7, 11) is 0. The summed E-state index contributed by atoms with van der Waals surface area (Å²) in [5.41, 5.74) is -0.260. The summed E-state index contributed by atoms with van der Waals surface area (Å²) in [6, 6.07) is 12.0. The van der Waals surface area contributed by atoms with Gasteiger partial charge in [-0.05, 0) is 42.0 Å². The number of nitrogens with zero attached hydrogens (tertiary/aromatic N) is 1. The highest BCUT2D eigenvalue weighted by molar-refractivity contribution is 5.94. The van der Waals surface area contributed by atoms with Crippen molar-refractivity contribution < 1.29 is 45.7 Å². The summed E-state index contributed by atoms with van der Waals surface area (Å²) < 4.78 is 82.3. The molecule has 3 aromatic rings. The van der Waals surface area contributed by atoms with E-state index in [1.165, 1.54) is 36.4 Å². The molecule has 1 N–H and O–H groups in total. The van der Waals surface area contributed by atoms with Crippen LogP contribution in [0.15, 0.2) is 60.7 Å². The summed E-state index contributed by atoms with van der Waals surface area (Å²) in [5, 5.41) is 9.51. The third-order valence-corrected chi connectivity index (χ3v) is 3.84. The van der Waals surface area contributed by atoms with Crippen molar-refractivity contribution in [1.29, 1.82) is 0 Å². The van der Waals surface area contributed by atoms with E-state index in [1.54, 1.807) is 0 Å². The average Bonchev–Trinajstić information content (AvgIpc) is 2.65. The number of hydrogen-bond donors (Lipinski definition) is 1. The lowest BCUT2D eigenvalue weighted by Gasteiger charge is -2.13. The Labute approximate surface area is 170 Å². The second-order valence-electron chi connectivity index (χ2n) is 6.05. The fourth-order valence-corrected chi connectivity index (χ4v) is 2.73. The summed E-state index contributed by atoms with van der Waals surface area (Å²) in [6.45, 7) is 0. The molecule has 0 spiro atoms. The number of aromatic nitrogens is 1. The van der Waals surface area contributed by atoms with Crippen molar-refractivity contribution in [2.24, 2.45) is 0 Å². The molecule has 5 nitrogen and oxygen atoms in total. The molecule has 2 aromatic carbocycles. The van der Waals surface area contributed by atoms with Crippen LogP contribution in [0.25, 0.3) is 22.4 Å². The molecule has 3 rings (SSSR count). The van der Waals surface area contributed by atoms with Crippen LogP contribution in [0, 0.1) is 0 Å². The first-order chi connectivity index (χ1) is 14.4. The Morgan fingerprint density at radius 2 is 1.29 bits per heavy atom. The molecular weight excluding hydrogens is 432 g/mol. The van der Waals surface area contributed by atoms with E-state index < -0.39 is 35.9 Å². The highest BCUT2D eigenvalue weighted by atomic mass is 19.4. The molecule has 0 atom stereocenters. The first-order valence-corrected chi connectivity index (χ1v) is 8.38. The molecular formula is C20H11F6NO4. The number of aromatic carboxylic acids is 1. The number of carboxylic acid groups (broad SMARTS) is 1. The van der Waals surface area contributed by atoms with Gasteiger partial charge >= 0.3 is 18.7 Å². The van der Waals surface area contributed by atoms with Crippen molar-refractivity contribution in [3.63, 3.8) is 0 Å². The van der Waals surface area contributed by atoms with Crippen LogP contribution in [-0.2, 0) is 0 Å². The molecule has 0 aliphatic heterocycles. The van der Waals surface area contributed by atoms with Gasteiger partial charge in [0.05, 0.1) is 5.69 Å². The summed E-state index contributed by atoms with van der Waals surface area (Å²) >= 11 is 0. The Morgan fingerprint density at radius 1 is 0.774 bits per heavy atom. The quantitative estimate of drug-likeness (QED) is 0.497. The summed E-state index contributed by atoms with van der Waals surface area (Å²) in [5.74, 6) is -2.56. The maximum atomic E-state index is 12.4. The number of benzene rings is 2. The highest BCUT2D eigenvalue weighted by Gasteiger charge is 2.32. The SMILES string of the molecule is O=C(O)c1nc(-c2cccc(OC(F)(F)F)c2)ccc1-c1cccc(OC(F)(F)F)c1. The van der Waals surface area contributed by atoms with E-state index in [0.29, 0.717) is 0 Å². The maximum absolute atomic E-state index is 12.4. The van der Waals surface area contributed by atoms with Gasteiger partial charge in [-0.25, -0.2) is 9.78 Å². The fourth-order valence-electron chi connectivity index (χ4n) is 2.73. The third-order valence-electron chi connectivity index (χ3n) is 3.84. The number of ether oxygens (including phenoxy) is 2. The molecule has 1 heterocycles. The Balaban J connectivity index is 2.01. The van der Waals surface area contributed by atoms with Crippen LogP contribution in [0.5, 0.6) is 11.5 Å². The average molecular weight is 443 g/mol. The van der Waals surface area contributed by atoms with Crippen LogP contribution >= 0.6 is 0 Å². The van der Waals surface area contributed by atoms with Gasteiger partial charge in [0.25, 0.3) is 0 Å². The van der Waals surface area contributed by atoms with E-state index in [9.17, 15) is 36.2 Å². The van der Waals surface area contributed by atoms with Crippen LogP contribution < -0.4 is 9.47 Å². The predicted molar refractivity (Wildman–Crippen MR) is 95.4 cm³/mol. The van der Waals surface area contributed by atoms with E-state index in [0.717, 1.165) is 24.3 Å². The van der Waals surface area contributed by atoms with E-state index in [1.807, 2.05) is 0 Å². The van der Waals surface area contributed by atoms with Crippen LogP contribution in [-0.4, -0.2) is 28.8 Å². The summed E-state index contributed by atoms with van der Waals surface area (Å²) in [4.78, 5) is 15.7. The topological polar surface area (TPSA) is 68.7 Å². The van der Waals surface area contributed by atoms with Crippen LogP contribution in [0.3, 0.4) is 0 Å². The van der Waals surface area contributed by atoms with Gasteiger partial charge in [-0.15, -0.1) is 26.3 Å². The molecule has 0 aliphatic carbocycles. The summed E-state index contributed by atoms with van der Waals surface area (Å²) in [6.07, 6.45) is -9.84. The van der Waals surface area contributed by atoms with Crippen molar-refractivity contribution in [1.82, 2.24) is 4.98 Å². The fraction of sp³-hybridized carbons (Fsp3) is 0.100. The molecule has 0 aliphatic rings. The molecule has 0 bridgehead atoms. The lowest BCUT2D eigenvalue weighted by atomic mass is 10.0. The minimum absolute atomic E-state index is 0.00780. The predicted octanol–water partition coefficient (Wildman–Crippen LogP) is 5.91. The monoisotopic (exact) mass is 443 g/mol. The molecule has 162 valence electrons. The standard InChI is InChI=1S/C20H11F6NO4/c21-19(22,23)30-13-5-1-3-11(9-13)15-7-8-16(27-17(15)18(28)29)12-4-2-6-14(10-12)31-20(24,25)26/h1-10H,(H,28,29). The van der Waals surface area contributed by atoms with Crippen molar-refractivity contribution in [3.8, 4) is 33.9 Å². The van der Waals surface area contributed by atoms with Crippen molar-refractivity contribution >= 4 is 5.97 Å². The van der Waals surface area contributed by atoms with E-state index in [-0.39, 0.29) is 22.4 Å². The number of hydrogen-bond acceptors (Lipinski definition) is 4. The molecule has 0 saturated carbocycles. The van der Waals surface area contributed by atoms with Gasteiger partial charge in [0.15, 0.2) is 5.69 Å². The number of carboxylic acids is 1. The molecule has 0 fully saturated rings. The first-order valence-electron chi connectivity index (χ1n) is 8.38. The molecule has 11 heteroatoms. The number of pyridine rings is 1. The zero-order valence-electron chi connectivity index (χ0n) is 15.2. The highest BCUT2D eigenvalue weighted by Crippen LogP contribution is 2.32. The van der Waals surface area contributed by atoms with Gasteiger partial charge in [0, 0.05) is 11.1 Å². The van der Waals surface area contributed by atoms with Crippen LogP contribution in [0.4, 0.5) is 26.3 Å². The number of alkyl halides is 6.